The first-order valence-electron chi connectivity index (χ1n) is 7.59. The molecular formula is C17H17N5OS. The van der Waals surface area contributed by atoms with E-state index in [1.54, 1.807) is 0 Å². The summed E-state index contributed by atoms with van der Waals surface area (Å²) >= 11 is 1.42. The predicted molar refractivity (Wildman–Crippen MR) is 92.6 cm³/mol. The van der Waals surface area contributed by atoms with Crippen LogP contribution in [0.2, 0.25) is 0 Å². The number of rotatable bonds is 4. The van der Waals surface area contributed by atoms with Gasteiger partial charge < -0.3 is 9.80 Å². The zero-order chi connectivity index (χ0) is 16.9. The lowest BCUT2D eigenvalue weighted by molar-refractivity contribution is -0.131. The number of aromatic nitrogens is 2. The minimum Gasteiger partial charge on any atom is -0.344 e. The van der Waals surface area contributed by atoms with Gasteiger partial charge in [0, 0.05) is 19.6 Å². The molecule has 1 fully saturated rings. The van der Waals surface area contributed by atoms with Crippen molar-refractivity contribution < 1.29 is 4.79 Å². The molecule has 0 spiro atoms. The van der Waals surface area contributed by atoms with E-state index in [4.69, 9.17) is 0 Å². The fraction of sp³-hybridized carbons (Fsp3) is 0.294. The maximum atomic E-state index is 12.5. The van der Waals surface area contributed by atoms with Crippen molar-refractivity contribution in [1.29, 1.82) is 5.26 Å². The van der Waals surface area contributed by atoms with Gasteiger partial charge in [-0.3, -0.25) is 4.79 Å². The predicted octanol–water partition coefficient (Wildman–Crippen LogP) is 1.92. The molecule has 1 amide bonds. The lowest BCUT2D eigenvalue weighted by atomic mass is 10.2. The first kappa shape index (κ1) is 16.3. The summed E-state index contributed by atoms with van der Waals surface area (Å²) in [6.07, 6.45) is 3.41. The third-order valence-electron chi connectivity index (χ3n) is 3.88. The van der Waals surface area contributed by atoms with Crippen LogP contribution in [0.4, 0.5) is 5.82 Å². The zero-order valence-electron chi connectivity index (χ0n) is 13.3. The van der Waals surface area contributed by atoms with Crippen LogP contribution in [0.5, 0.6) is 0 Å². The molecule has 7 heteroatoms. The van der Waals surface area contributed by atoms with Crippen LogP contribution in [-0.4, -0.2) is 46.7 Å². The second-order valence-corrected chi connectivity index (χ2v) is 6.20. The Hall–Kier alpha value is -2.59. The standard InChI is InChI=1S/C17H17N5OS/c1-24-17-19-10-14(9-18)16(20-17)22-8-7-21(15(23)12-22)11-13-5-3-2-4-6-13/h2-6,10H,7-8,11-12H2,1H3. The molecule has 6 nitrogen and oxygen atoms in total. The van der Waals surface area contributed by atoms with Gasteiger partial charge in [0.15, 0.2) is 11.0 Å². The van der Waals surface area contributed by atoms with Gasteiger partial charge in [-0.05, 0) is 11.8 Å². The SMILES string of the molecule is CSc1ncc(C#N)c(N2CCN(Cc3ccccc3)C(=O)C2)n1. The van der Waals surface area contributed by atoms with Gasteiger partial charge in [0.05, 0.1) is 12.7 Å². The average Bonchev–Trinajstić information content (AvgIpc) is 2.63. The van der Waals surface area contributed by atoms with Crippen molar-refractivity contribution in [2.75, 3.05) is 30.8 Å². The fourth-order valence-corrected chi connectivity index (χ4v) is 2.97. The molecule has 0 bridgehead atoms. The molecule has 2 heterocycles. The summed E-state index contributed by atoms with van der Waals surface area (Å²) in [5, 5.41) is 9.87. The Morgan fingerprint density at radius 1 is 1.29 bits per heavy atom. The Labute approximate surface area is 145 Å². The van der Waals surface area contributed by atoms with Crippen LogP contribution < -0.4 is 4.90 Å². The van der Waals surface area contributed by atoms with Gasteiger partial charge in [-0.1, -0.05) is 42.1 Å². The highest BCUT2D eigenvalue weighted by atomic mass is 32.2. The first-order valence-corrected chi connectivity index (χ1v) is 8.81. The Balaban J connectivity index is 1.74. The molecule has 0 radical (unpaired) electrons. The normalized spacial score (nSPS) is 14.6. The molecule has 0 saturated carbocycles. The van der Waals surface area contributed by atoms with Gasteiger partial charge in [-0.15, -0.1) is 0 Å². The summed E-state index contributed by atoms with van der Waals surface area (Å²) in [6, 6.07) is 12.1. The number of carbonyl (C=O) groups is 1. The van der Waals surface area contributed by atoms with Crippen molar-refractivity contribution in [2.24, 2.45) is 0 Å². The van der Waals surface area contributed by atoms with E-state index < -0.39 is 0 Å². The van der Waals surface area contributed by atoms with Crippen molar-refractivity contribution in [3.63, 3.8) is 0 Å². The number of amides is 1. The number of nitrogens with zero attached hydrogens (tertiary/aromatic N) is 5. The molecule has 1 aromatic heterocycles. The van der Waals surface area contributed by atoms with Crippen LogP contribution in [0.25, 0.3) is 0 Å². The summed E-state index contributed by atoms with van der Waals surface area (Å²) in [4.78, 5) is 24.7. The number of nitriles is 1. The van der Waals surface area contributed by atoms with Crippen LogP contribution in [-0.2, 0) is 11.3 Å². The molecule has 24 heavy (non-hydrogen) atoms. The molecule has 1 aliphatic rings. The number of piperazine rings is 1. The highest BCUT2D eigenvalue weighted by molar-refractivity contribution is 7.98. The molecule has 0 unspecified atom stereocenters. The van der Waals surface area contributed by atoms with Crippen molar-refractivity contribution >= 4 is 23.5 Å². The van der Waals surface area contributed by atoms with Crippen LogP contribution in [0.1, 0.15) is 11.1 Å². The second kappa shape index (κ2) is 7.32. The third kappa shape index (κ3) is 3.49. The molecule has 0 atom stereocenters. The Kier molecular flexibility index (Phi) is 4.96. The number of carbonyl (C=O) groups excluding carboxylic acids is 1. The van der Waals surface area contributed by atoms with Gasteiger partial charge in [0.1, 0.15) is 11.6 Å². The number of thioether (sulfide) groups is 1. The monoisotopic (exact) mass is 339 g/mol. The van der Waals surface area contributed by atoms with E-state index >= 15 is 0 Å². The molecule has 122 valence electrons. The van der Waals surface area contributed by atoms with Crippen molar-refractivity contribution in [2.45, 2.75) is 11.7 Å². The number of hydrogen-bond donors (Lipinski definition) is 0. The number of benzene rings is 1. The van der Waals surface area contributed by atoms with Gasteiger partial charge in [0.2, 0.25) is 5.91 Å². The maximum Gasteiger partial charge on any atom is 0.242 e. The highest BCUT2D eigenvalue weighted by Gasteiger charge is 2.26. The van der Waals surface area contributed by atoms with Crippen molar-refractivity contribution in [3.05, 3.63) is 47.7 Å². The van der Waals surface area contributed by atoms with Crippen molar-refractivity contribution in [3.8, 4) is 6.07 Å². The number of anilines is 1. The first-order chi connectivity index (χ1) is 11.7. The summed E-state index contributed by atoms with van der Waals surface area (Å²) in [5.41, 5.74) is 1.51. The second-order valence-electron chi connectivity index (χ2n) is 5.43. The lowest BCUT2D eigenvalue weighted by Gasteiger charge is -2.35. The summed E-state index contributed by atoms with van der Waals surface area (Å²) in [6.45, 7) is 2.10. The van der Waals surface area contributed by atoms with E-state index in [1.165, 1.54) is 18.0 Å². The van der Waals surface area contributed by atoms with Gasteiger partial charge in [-0.2, -0.15) is 5.26 Å². The van der Waals surface area contributed by atoms with E-state index in [0.29, 0.717) is 36.2 Å². The molecule has 0 aliphatic carbocycles. The van der Waals surface area contributed by atoms with Crippen molar-refractivity contribution in [1.82, 2.24) is 14.9 Å². The Morgan fingerprint density at radius 3 is 2.75 bits per heavy atom. The molecule has 1 aliphatic heterocycles. The lowest BCUT2D eigenvalue weighted by Crippen LogP contribution is -2.50. The average molecular weight is 339 g/mol. The molecule has 1 saturated heterocycles. The fourth-order valence-electron chi connectivity index (χ4n) is 2.64. The molecule has 1 aromatic carbocycles. The van der Waals surface area contributed by atoms with Crippen LogP contribution in [0.3, 0.4) is 0 Å². The van der Waals surface area contributed by atoms with E-state index in [2.05, 4.69) is 16.0 Å². The van der Waals surface area contributed by atoms with Crippen LogP contribution in [0.15, 0.2) is 41.7 Å². The minimum absolute atomic E-state index is 0.0401. The number of hydrogen-bond acceptors (Lipinski definition) is 6. The van der Waals surface area contributed by atoms with E-state index in [0.717, 1.165) is 5.56 Å². The quantitative estimate of drug-likeness (QED) is 0.626. The van der Waals surface area contributed by atoms with Crippen LogP contribution in [0, 0.1) is 11.3 Å². The zero-order valence-corrected chi connectivity index (χ0v) is 14.2. The van der Waals surface area contributed by atoms with Crippen LogP contribution >= 0.6 is 11.8 Å². The molecule has 2 aromatic rings. The third-order valence-corrected chi connectivity index (χ3v) is 4.45. The summed E-state index contributed by atoms with van der Waals surface area (Å²) < 4.78 is 0. The van der Waals surface area contributed by atoms with E-state index in [9.17, 15) is 10.1 Å². The highest BCUT2D eigenvalue weighted by Crippen LogP contribution is 2.22. The van der Waals surface area contributed by atoms with E-state index in [-0.39, 0.29) is 12.5 Å². The Morgan fingerprint density at radius 2 is 2.08 bits per heavy atom. The molecule has 0 N–H and O–H groups in total. The Bertz CT molecular complexity index is 774. The van der Waals surface area contributed by atoms with Gasteiger partial charge in [0.25, 0.3) is 0 Å². The largest absolute Gasteiger partial charge is 0.344 e. The topological polar surface area (TPSA) is 73.1 Å². The van der Waals surface area contributed by atoms with E-state index in [1.807, 2.05) is 46.4 Å². The minimum atomic E-state index is 0.0401. The van der Waals surface area contributed by atoms with Gasteiger partial charge in [-0.25, -0.2) is 9.97 Å². The molecule has 3 rings (SSSR count). The summed E-state index contributed by atoms with van der Waals surface area (Å²) in [5.74, 6) is 0.586. The molecular weight excluding hydrogens is 322 g/mol. The summed E-state index contributed by atoms with van der Waals surface area (Å²) in [7, 11) is 0. The smallest absolute Gasteiger partial charge is 0.242 e. The van der Waals surface area contributed by atoms with Gasteiger partial charge >= 0.3 is 0 Å². The maximum absolute atomic E-state index is 12.5.